The Morgan fingerprint density at radius 1 is 1.08 bits per heavy atom. The highest BCUT2D eigenvalue weighted by Crippen LogP contribution is 2.40. The summed E-state index contributed by atoms with van der Waals surface area (Å²) < 4.78 is 11.4. The lowest BCUT2D eigenvalue weighted by atomic mass is 9.95. The molecule has 0 aliphatic carbocycles. The number of ketones is 1. The maximum absolute atomic E-state index is 13.2. The van der Waals surface area contributed by atoms with Crippen molar-refractivity contribution in [3.05, 3.63) is 65.5 Å². The van der Waals surface area contributed by atoms with Gasteiger partial charge in [0.25, 0.3) is 11.7 Å². The fourth-order valence-corrected chi connectivity index (χ4v) is 4.73. The van der Waals surface area contributed by atoms with Crippen molar-refractivity contribution in [3.8, 4) is 5.75 Å². The van der Waals surface area contributed by atoms with E-state index in [-0.39, 0.29) is 11.3 Å². The molecular weight excluding hydrogens is 458 g/mol. The molecule has 1 aromatic heterocycles. The Morgan fingerprint density at radius 3 is 2.61 bits per heavy atom. The third-order valence-electron chi connectivity index (χ3n) is 6.66. The van der Waals surface area contributed by atoms with Crippen molar-refractivity contribution in [1.82, 2.24) is 14.8 Å². The number of benzene rings is 1. The van der Waals surface area contributed by atoms with Crippen LogP contribution in [0.5, 0.6) is 5.75 Å². The van der Waals surface area contributed by atoms with Gasteiger partial charge in [-0.25, -0.2) is 0 Å². The highest BCUT2D eigenvalue weighted by molar-refractivity contribution is 6.46. The molecule has 0 bridgehead atoms. The average molecular weight is 494 g/mol. The molecule has 1 atom stereocenters. The van der Waals surface area contributed by atoms with Crippen molar-refractivity contribution in [2.24, 2.45) is 0 Å². The van der Waals surface area contributed by atoms with Gasteiger partial charge in [-0.15, -0.1) is 0 Å². The smallest absolute Gasteiger partial charge is 0.295 e. The standard InChI is InChI=1S/C28H35N3O5/c1-2-3-4-17-36-23-8-5-7-22(20-23)25-24(26(32)21-9-11-29-12-10-21)27(33)28(34)31(25)14-6-13-30-15-18-35-19-16-30/h5,7-12,20,25,32H,2-4,6,13-19H2,1H3/b26-24+. The van der Waals surface area contributed by atoms with E-state index in [0.717, 1.165) is 44.5 Å². The number of carbonyl (C=O) groups is 2. The molecule has 2 fully saturated rings. The van der Waals surface area contributed by atoms with Gasteiger partial charge < -0.3 is 19.5 Å². The molecule has 192 valence electrons. The number of likely N-dealkylation sites (tertiary alicyclic amines) is 1. The van der Waals surface area contributed by atoms with Gasteiger partial charge in [-0.05, 0) is 42.7 Å². The summed E-state index contributed by atoms with van der Waals surface area (Å²) in [5.74, 6) is -0.765. The molecule has 0 spiro atoms. The van der Waals surface area contributed by atoms with Gasteiger partial charge in [0.15, 0.2) is 0 Å². The highest BCUT2D eigenvalue weighted by atomic mass is 16.5. The van der Waals surface area contributed by atoms with Gasteiger partial charge in [0.2, 0.25) is 0 Å². The van der Waals surface area contributed by atoms with E-state index in [0.29, 0.717) is 44.1 Å². The van der Waals surface area contributed by atoms with E-state index in [4.69, 9.17) is 9.47 Å². The van der Waals surface area contributed by atoms with Gasteiger partial charge in [-0.1, -0.05) is 31.9 Å². The number of amides is 1. The third-order valence-corrected chi connectivity index (χ3v) is 6.66. The molecule has 8 heteroatoms. The van der Waals surface area contributed by atoms with E-state index >= 15 is 0 Å². The Morgan fingerprint density at radius 2 is 1.86 bits per heavy atom. The molecule has 36 heavy (non-hydrogen) atoms. The number of rotatable bonds is 11. The van der Waals surface area contributed by atoms with Crippen LogP contribution < -0.4 is 4.74 Å². The first-order valence-electron chi connectivity index (χ1n) is 12.8. The number of morpholine rings is 1. The normalized spacial score (nSPS) is 20.1. The maximum atomic E-state index is 13.2. The van der Waals surface area contributed by atoms with E-state index in [9.17, 15) is 14.7 Å². The van der Waals surface area contributed by atoms with Crippen LogP contribution in [0.25, 0.3) is 5.76 Å². The van der Waals surface area contributed by atoms with Crippen molar-refractivity contribution in [1.29, 1.82) is 0 Å². The van der Waals surface area contributed by atoms with Gasteiger partial charge in [-0.3, -0.25) is 19.5 Å². The summed E-state index contributed by atoms with van der Waals surface area (Å²) in [7, 11) is 0. The number of aliphatic hydroxyl groups is 1. The van der Waals surface area contributed by atoms with Crippen LogP contribution in [-0.2, 0) is 14.3 Å². The number of Topliss-reactive ketones (excluding diaryl/α,β-unsaturated/α-hetero) is 1. The molecule has 4 rings (SSSR count). The zero-order chi connectivity index (χ0) is 25.3. The fourth-order valence-electron chi connectivity index (χ4n) is 4.73. The lowest BCUT2D eigenvalue weighted by molar-refractivity contribution is -0.140. The molecule has 8 nitrogen and oxygen atoms in total. The molecular formula is C28H35N3O5. The maximum Gasteiger partial charge on any atom is 0.295 e. The van der Waals surface area contributed by atoms with E-state index < -0.39 is 17.7 Å². The molecule has 0 radical (unpaired) electrons. The molecule has 1 unspecified atom stereocenters. The minimum atomic E-state index is -0.693. The molecule has 2 saturated heterocycles. The van der Waals surface area contributed by atoms with Crippen molar-refractivity contribution in [2.75, 3.05) is 46.0 Å². The van der Waals surface area contributed by atoms with Crippen LogP contribution in [0.1, 0.15) is 49.8 Å². The van der Waals surface area contributed by atoms with Crippen molar-refractivity contribution < 1.29 is 24.2 Å². The second-order valence-electron chi connectivity index (χ2n) is 9.16. The zero-order valence-corrected chi connectivity index (χ0v) is 20.9. The van der Waals surface area contributed by atoms with Crippen molar-refractivity contribution >= 4 is 17.4 Å². The van der Waals surface area contributed by atoms with Gasteiger partial charge in [0.1, 0.15) is 11.5 Å². The second-order valence-corrected chi connectivity index (χ2v) is 9.16. The highest BCUT2D eigenvalue weighted by Gasteiger charge is 2.46. The average Bonchev–Trinajstić information content (AvgIpc) is 3.17. The quantitative estimate of drug-likeness (QED) is 0.220. The Kier molecular flexibility index (Phi) is 9.08. The van der Waals surface area contributed by atoms with E-state index in [1.54, 1.807) is 29.4 Å². The molecule has 3 heterocycles. The lowest BCUT2D eigenvalue weighted by Gasteiger charge is -2.29. The van der Waals surface area contributed by atoms with Crippen LogP contribution in [-0.4, -0.2) is 77.6 Å². The van der Waals surface area contributed by atoms with E-state index in [1.165, 1.54) is 0 Å². The molecule has 2 aliphatic rings. The second kappa shape index (κ2) is 12.6. The van der Waals surface area contributed by atoms with Crippen molar-refractivity contribution in [2.45, 2.75) is 38.6 Å². The Labute approximate surface area is 212 Å². The summed E-state index contributed by atoms with van der Waals surface area (Å²) in [6, 6.07) is 10.1. The van der Waals surface area contributed by atoms with Crippen LogP contribution >= 0.6 is 0 Å². The van der Waals surface area contributed by atoms with Crippen LogP contribution in [0.15, 0.2) is 54.4 Å². The zero-order valence-electron chi connectivity index (χ0n) is 20.9. The first-order chi connectivity index (χ1) is 17.6. The first-order valence-corrected chi connectivity index (χ1v) is 12.8. The summed E-state index contributed by atoms with van der Waals surface area (Å²) in [4.78, 5) is 34.3. The number of aliphatic hydroxyl groups excluding tert-OH is 1. The molecule has 1 N–H and O–H groups in total. The number of pyridine rings is 1. The van der Waals surface area contributed by atoms with Gasteiger partial charge >= 0.3 is 0 Å². The monoisotopic (exact) mass is 493 g/mol. The van der Waals surface area contributed by atoms with Crippen molar-refractivity contribution in [3.63, 3.8) is 0 Å². The predicted molar refractivity (Wildman–Crippen MR) is 137 cm³/mol. The van der Waals surface area contributed by atoms with Crippen LogP contribution in [0.2, 0.25) is 0 Å². The molecule has 2 aliphatic heterocycles. The third kappa shape index (κ3) is 6.12. The van der Waals surface area contributed by atoms with Crippen LogP contribution in [0.3, 0.4) is 0 Å². The predicted octanol–water partition coefficient (Wildman–Crippen LogP) is 3.79. The summed E-state index contributed by atoms with van der Waals surface area (Å²) >= 11 is 0. The Balaban J connectivity index is 1.62. The number of hydrogen-bond donors (Lipinski definition) is 1. The summed E-state index contributed by atoms with van der Waals surface area (Å²) in [5.41, 5.74) is 1.29. The fraction of sp³-hybridized carbons (Fsp3) is 0.464. The van der Waals surface area contributed by atoms with Gasteiger partial charge in [-0.2, -0.15) is 0 Å². The number of ether oxygens (including phenoxy) is 2. The lowest BCUT2D eigenvalue weighted by Crippen LogP contribution is -2.38. The number of aromatic nitrogens is 1. The summed E-state index contributed by atoms with van der Waals surface area (Å²) in [5, 5.41) is 11.2. The van der Waals surface area contributed by atoms with E-state index in [2.05, 4.69) is 16.8 Å². The molecule has 1 amide bonds. The minimum Gasteiger partial charge on any atom is -0.507 e. The SMILES string of the molecule is CCCCCOc1cccc(C2/C(=C(\O)c3ccncc3)C(=O)C(=O)N2CCCN2CCOCC2)c1. The largest absolute Gasteiger partial charge is 0.507 e. The summed E-state index contributed by atoms with van der Waals surface area (Å²) in [6.45, 7) is 7.11. The van der Waals surface area contributed by atoms with Gasteiger partial charge in [0, 0.05) is 44.1 Å². The molecule has 2 aromatic rings. The van der Waals surface area contributed by atoms with Gasteiger partial charge in [0.05, 0.1) is 31.4 Å². The molecule has 1 aromatic carbocycles. The number of unbranched alkanes of at least 4 members (excludes halogenated alkanes) is 2. The van der Waals surface area contributed by atoms with E-state index in [1.807, 2.05) is 24.3 Å². The number of nitrogens with zero attached hydrogens (tertiary/aromatic N) is 3. The number of carbonyl (C=O) groups excluding carboxylic acids is 2. The molecule has 0 saturated carbocycles. The Hall–Kier alpha value is -3.23. The van der Waals surface area contributed by atoms with Crippen LogP contribution in [0, 0.1) is 0 Å². The number of hydrogen-bond acceptors (Lipinski definition) is 7. The minimum absolute atomic E-state index is 0.0979. The van der Waals surface area contributed by atoms with Crippen LogP contribution in [0.4, 0.5) is 0 Å². The summed E-state index contributed by atoms with van der Waals surface area (Å²) in [6.07, 6.45) is 6.97. The Bertz CT molecular complexity index is 1070. The topological polar surface area (TPSA) is 92.2 Å². The first kappa shape index (κ1) is 25.9.